The predicted octanol–water partition coefficient (Wildman–Crippen LogP) is 2.12. The number of carbonyl (C=O) groups excluding carboxylic acids is 2. The van der Waals surface area contributed by atoms with Crippen LogP contribution < -0.4 is 9.47 Å². The van der Waals surface area contributed by atoms with Crippen molar-refractivity contribution in [1.29, 1.82) is 0 Å². The highest BCUT2D eigenvalue weighted by Crippen LogP contribution is 2.47. The van der Waals surface area contributed by atoms with Crippen molar-refractivity contribution in [2.75, 3.05) is 27.0 Å². The van der Waals surface area contributed by atoms with Gasteiger partial charge in [0.1, 0.15) is 6.04 Å². The first-order chi connectivity index (χ1) is 11.9. The van der Waals surface area contributed by atoms with Crippen molar-refractivity contribution >= 4 is 23.6 Å². The Hall–Kier alpha value is -1.89. The zero-order valence-electron chi connectivity index (χ0n) is 15.1. The van der Waals surface area contributed by atoms with Gasteiger partial charge in [-0.3, -0.25) is 9.59 Å². The number of para-hydroxylation sites is 1. The Balaban J connectivity index is 1.77. The van der Waals surface area contributed by atoms with Gasteiger partial charge in [0.15, 0.2) is 11.5 Å². The molecule has 1 aromatic carbocycles. The third kappa shape index (κ3) is 3.05. The molecule has 0 radical (unpaired) electrons. The van der Waals surface area contributed by atoms with E-state index in [-0.39, 0.29) is 22.7 Å². The largest absolute Gasteiger partial charge is 0.493 e. The Bertz CT molecular complexity index is 696. The molecule has 1 aromatic rings. The van der Waals surface area contributed by atoms with Crippen LogP contribution in [-0.2, 0) is 16.1 Å². The number of fused-ring (bicyclic) bond motifs is 1. The van der Waals surface area contributed by atoms with E-state index in [2.05, 4.69) is 6.92 Å². The zero-order valence-corrected chi connectivity index (χ0v) is 15.9. The van der Waals surface area contributed by atoms with Crippen molar-refractivity contribution in [3.63, 3.8) is 0 Å². The van der Waals surface area contributed by atoms with Crippen molar-refractivity contribution in [1.82, 2.24) is 9.80 Å². The number of thioether (sulfide) groups is 1. The lowest BCUT2D eigenvalue weighted by Crippen LogP contribution is -2.50. The summed E-state index contributed by atoms with van der Waals surface area (Å²) in [5.41, 5.74) is 0.874. The predicted molar refractivity (Wildman–Crippen MR) is 96.8 cm³/mol. The maximum absolute atomic E-state index is 13.0. The lowest BCUT2D eigenvalue weighted by molar-refractivity contribution is -0.143. The lowest BCUT2D eigenvalue weighted by Gasteiger charge is -2.32. The molecule has 2 atom stereocenters. The van der Waals surface area contributed by atoms with E-state index < -0.39 is 0 Å². The first-order valence-corrected chi connectivity index (χ1v) is 9.31. The molecular weight excluding hydrogens is 340 g/mol. The van der Waals surface area contributed by atoms with E-state index in [4.69, 9.17) is 9.47 Å². The number of rotatable bonds is 5. The summed E-state index contributed by atoms with van der Waals surface area (Å²) in [7, 11) is 4.94. The molecule has 2 aliphatic heterocycles. The van der Waals surface area contributed by atoms with Crippen molar-refractivity contribution in [3.8, 4) is 11.5 Å². The fourth-order valence-electron chi connectivity index (χ4n) is 3.67. The summed E-state index contributed by atoms with van der Waals surface area (Å²) in [6.07, 6.45) is 1.34. The second kappa shape index (κ2) is 6.78. The summed E-state index contributed by atoms with van der Waals surface area (Å²) >= 11 is 1.71. The number of hydrogen-bond acceptors (Lipinski definition) is 5. The van der Waals surface area contributed by atoms with Crippen molar-refractivity contribution < 1.29 is 19.1 Å². The van der Waals surface area contributed by atoms with Gasteiger partial charge >= 0.3 is 0 Å². The first kappa shape index (κ1) is 17.9. The number of methoxy groups -OCH3 is 2. The molecule has 25 heavy (non-hydrogen) atoms. The molecule has 2 heterocycles. The van der Waals surface area contributed by atoms with E-state index in [0.717, 1.165) is 12.0 Å². The highest BCUT2D eigenvalue weighted by molar-refractivity contribution is 8.01. The number of nitrogens with zero attached hydrogens (tertiary/aromatic N) is 2. The Morgan fingerprint density at radius 3 is 2.84 bits per heavy atom. The summed E-state index contributed by atoms with van der Waals surface area (Å²) in [6, 6.07) is 5.24. The second-order valence-corrected chi connectivity index (χ2v) is 8.11. The molecule has 2 amide bonds. The molecule has 6 nitrogen and oxygen atoms in total. The molecule has 0 N–H and O–H groups in total. The smallest absolute Gasteiger partial charge is 0.246 e. The van der Waals surface area contributed by atoms with E-state index in [1.165, 1.54) is 0 Å². The first-order valence-electron chi connectivity index (χ1n) is 8.32. The standard InChI is InChI=1S/C18H24N2O4S/c1-18-9-8-15(21)20(18)13(11-25-18)17(22)19(2)10-12-6-5-7-14(23-3)16(12)24-4/h5-7,13H,8-11H2,1-4H3/t13-,18-/m1/s1. The molecule has 0 aromatic heterocycles. The van der Waals surface area contributed by atoms with Crippen LogP contribution in [0.15, 0.2) is 18.2 Å². The quantitative estimate of drug-likeness (QED) is 0.801. The fourth-order valence-corrected chi connectivity index (χ4v) is 5.09. The molecule has 0 spiro atoms. The van der Waals surface area contributed by atoms with Crippen LogP contribution in [0.3, 0.4) is 0 Å². The van der Waals surface area contributed by atoms with Gasteiger partial charge in [-0.05, 0) is 19.4 Å². The summed E-state index contributed by atoms with van der Waals surface area (Å²) in [4.78, 5) is 28.5. The SMILES string of the molecule is COc1cccc(CN(C)C(=O)[C@H]2CS[C@]3(C)CCC(=O)N23)c1OC. The maximum atomic E-state index is 13.0. The summed E-state index contributed by atoms with van der Waals surface area (Å²) in [6.45, 7) is 2.46. The van der Waals surface area contributed by atoms with E-state index in [0.29, 0.717) is 30.2 Å². The highest BCUT2D eigenvalue weighted by Gasteiger charge is 2.53. The van der Waals surface area contributed by atoms with Crippen molar-refractivity contribution in [3.05, 3.63) is 23.8 Å². The fraction of sp³-hybridized carbons (Fsp3) is 0.556. The Kier molecular flexibility index (Phi) is 4.86. The minimum Gasteiger partial charge on any atom is -0.493 e. The van der Waals surface area contributed by atoms with Crippen LogP contribution in [0.25, 0.3) is 0 Å². The number of ether oxygens (including phenoxy) is 2. The molecule has 3 rings (SSSR count). The molecule has 0 saturated carbocycles. The third-order valence-corrected chi connectivity index (χ3v) is 6.50. The summed E-state index contributed by atoms with van der Waals surface area (Å²) in [5, 5.41) is 0. The Morgan fingerprint density at radius 1 is 1.40 bits per heavy atom. The second-order valence-electron chi connectivity index (χ2n) is 6.61. The Morgan fingerprint density at radius 2 is 2.16 bits per heavy atom. The molecule has 2 saturated heterocycles. The Labute approximate surface area is 152 Å². The number of carbonyl (C=O) groups is 2. The topological polar surface area (TPSA) is 59.1 Å². The minimum atomic E-state index is -0.383. The van der Waals surface area contributed by atoms with Crippen molar-refractivity contribution in [2.45, 2.75) is 37.2 Å². The molecular formula is C18H24N2O4S. The molecule has 2 fully saturated rings. The van der Waals surface area contributed by atoms with Gasteiger partial charge < -0.3 is 19.3 Å². The minimum absolute atomic E-state index is 0.0312. The van der Waals surface area contributed by atoms with Gasteiger partial charge in [-0.25, -0.2) is 0 Å². The van der Waals surface area contributed by atoms with Crippen LogP contribution in [0, 0.1) is 0 Å². The van der Waals surface area contributed by atoms with Crippen LogP contribution in [0.5, 0.6) is 11.5 Å². The van der Waals surface area contributed by atoms with Gasteiger partial charge in [-0.1, -0.05) is 12.1 Å². The normalized spacial score (nSPS) is 25.0. The maximum Gasteiger partial charge on any atom is 0.246 e. The van der Waals surface area contributed by atoms with E-state index in [9.17, 15) is 9.59 Å². The van der Waals surface area contributed by atoms with Gasteiger partial charge in [0.25, 0.3) is 0 Å². The van der Waals surface area contributed by atoms with Crippen LogP contribution in [0.2, 0.25) is 0 Å². The van der Waals surface area contributed by atoms with Gasteiger partial charge in [-0.2, -0.15) is 0 Å². The van der Waals surface area contributed by atoms with Crippen LogP contribution in [0.1, 0.15) is 25.3 Å². The van der Waals surface area contributed by atoms with Gasteiger partial charge in [0, 0.05) is 31.3 Å². The van der Waals surface area contributed by atoms with E-state index in [1.54, 1.807) is 42.8 Å². The monoisotopic (exact) mass is 364 g/mol. The van der Waals surface area contributed by atoms with E-state index >= 15 is 0 Å². The average molecular weight is 364 g/mol. The van der Waals surface area contributed by atoms with Crippen LogP contribution >= 0.6 is 11.8 Å². The number of amides is 2. The van der Waals surface area contributed by atoms with Crippen molar-refractivity contribution in [2.24, 2.45) is 0 Å². The third-order valence-electron chi connectivity index (χ3n) is 5.00. The molecule has 0 unspecified atom stereocenters. The number of hydrogen-bond donors (Lipinski definition) is 0. The molecule has 136 valence electrons. The lowest BCUT2D eigenvalue weighted by atomic mass is 10.1. The van der Waals surface area contributed by atoms with Crippen LogP contribution in [-0.4, -0.2) is 59.5 Å². The number of likely N-dealkylation sites (N-methyl/N-ethyl adjacent to an activating group) is 1. The molecule has 2 aliphatic rings. The highest BCUT2D eigenvalue weighted by atomic mass is 32.2. The van der Waals surface area contributed by atoms with Gasteiger partial charge in [-0.15, -0.1) is 11.8 Å². The summed E-state index contributed by atoms with van der Waals surface area (Å²) < 4.78 is 10.8. The average Bonchev–Trinajstić information content (AvgIpc) is 3.10. The molecule has 0 bridgehead atoms. The zero-order chi connectivity index (χ0) is 18.2. The molecule has 0 aliphatic carbocycles. The molecule has 7 heteroatoms. The van der Waals surface area contributed by atoms with Crippen LogP contribution in [0.4, 0.5) is 0 Å². The number of benzene rings is 1. The summed E-state index contributed by atoms with van der Waals surface area (Å²) in [5.74, 6) is 1.97. The van der Waals surface area contributed by atoms with Gasteiger partial charge in [0.2, 0.25) is 11.8 Å². The van der Waals surface area contributed by atoms with E-state index in [1.807, 2.05) is 18.2 Å². The van der Waals surface area contributed by atoms with Gasteiger partial charge in [0.05, 0.1) is 19.1 Å².